The average Bonchev–Trinajstić information content (AvgIpc) is 3.89. The van der Waals surface area contributed by atoms with Crippen molar-refractivity contribution in [1.29, 1.82) is 0 Å². The normalized spacial score (nSPS) is 11.6. The summed E-state index contributed by atoms with van der Waals surface area (Å²) in [7, 11) is 0. The number of benzene rings is 10. The second-order valence-electron chi connectivity index (χ2n) is 15.6. The molecule has 12 rings (SSSR count). The van der Waals surface area contributed by atoms with Crippen molar-refractivity contribution < 1.29 is 0 Å². The van der Waals surface area contributed by atoms with Crippen molar-refractivity contribution in [3.8, 4) is 39.1 Å². The molecule has 12 aromatic rings. The summed E-state index contributed by atoms with van der Waals surface area (Å²) in [6, 6.07) is 84.2. The van der Waals surface area contributed by atoms with E-state index in [1.54, 1.807) is 0 Å². The molecule has 0 atom stereocenters. The second-order valence-corrected chi connectivity index (χ2v) is 16.6. The van der Waals surface area contributed by atoms with E-state index in [-0.39, 0.29) is 0 Å². The van der Waals surface area contributed by atoms with Gasteiger partial charge in [-0.1, -0.05) is 188 Å². The molecule has 0 fully saturated rings. The summed E-state index contributed by atoms with van der Waals surface area (Å²) in [6.07, 6.45) is 0. The highest BCUT2D eigenvalue weighted by Gasteiger charge is 2.26. The minimum atomic E-state index is 1.12. The van der Waals surface area contributed by atoms with Gasteiger partial charge in [0.2, 0.25) is 0 Å². The Balaban J connectivity index is 1.17. The van der Waals surface area contributed by atoms with Crippen LogP contribution >= 0.6 is 11.3 Å². The molecule has 2 aromatic heterocycles. The molecule has 0 aliphatic heterocycles. The third kappa shape index (κ3) is 5.70. The first kappa shape index (κ1) is 35.2. The maximum atomic E-state index is 2.53. The summed E-state index contributed by atoms with van der Waals surface area (Å²) in [5, 5.41) is 7.47. The zero-order valence-electron chi connectivity index (χ0n) is 33.2. The van der Waals surface area contributed by atoms with E-state index in [0.717, 1.165) is 33.8 Å². The van der Waals surface area contributed by atoms with E-state index >= 15 is 0 Å². The molecule has 0 spiro atoms. The molecule has 0 bridgehead atoms. The van der Waals surface area contributed by atoms with Crippen LogP contribution in [0.15, 0.2) is 231 Å². The topological polar surface area (TPSA) is 8.17 Å². The van der Waals surface area contributed by atoms with Crippen LogP contribution in [0.1, 0.15) is 0 Å². The van der Waals surface area contributed by atoms with Crippen LogP contribution in [0.5, 0.6) is 0 Å². The van der Waals surface area contributed by atoms with Crippen molar-refractivity contribution in [3.63, 3.8) is 0 Å². The number of anilines is 3. The summed E-state index contributed by atoms with van der Waals surface area (Å²) in [5.41, 5.74) is 14.0. The van der Waals surface area contributed by atoms with Gasteiger partial charge in [0.15, 0.2) is 0 Å². The van der Waals surface area contributed by atoms with E-state index in [1.165, 1.54) is 75.1 Å². The van der Waals surface area contributed by atoms with Crippen LogP contribution in [0.3, 0.4) is 0 Å². The molecule has 0 saturated heterocycles. The summed E-state index contributed by atoms with van der Waals surface area (Å²) in [4.78, 5) is 2.53. The fourth-order valence-corrected chi connectivity index (χ4v) is 10.8. The molecule has 0 aliphatic rings. The number of fused-ring (bicyclic) bond motifs is 7. The van der Waals surface area contributed by atoms with Gasteiger partial charge in [0.05, 0.1) is 33.8 Å². The molecule has 3 heteroatoms. The highest BCUT2D eigenvalue weighted by Crippen LogP contribution is 2.51. The maximum Gasteiger partial charge on any atom is 0.0562 e. The number of aromatic nitrogens is 1. The summed E-state index contributed by atoms with van der Waals surface area (Å²) in [6.45, 7) is 0. The number of thiophene rings is 1. The fraction of sp³-hybridized carbons (Fsp3) is 0. The number of rotatable bonds is 7. The molecular formula is C58H38N2S. The summed E-state index contributed by atoms with van der Waals surface area (Å²) in [5.74, 6) is 0. The van der Waals surface area contributed by atoms with Crippen LogP contribution in [0.4, 0.5) is 17.1 Å². The number of para-hydroxylation sites is 4. The molecule has 0 N–H and O–H groups in total. The monoisotopic (exact) mass is 794 g/mol. The van der Waals surface area contributed by atoms with E-state index in [1.807, 2.05) is 11.3 Å². The SMILES string of the molecule is c1ccc(-c2ccccc2N(c2ccccc2-c2cccc3c2sc2ccccc23)c2cccc3c2c2ccccc2n3-c2ccccc2-c2cccc3ccccc23)cc1. The first-order chi connectivity index (χ1) is 30.3. The Kier molecular flexibility index (Phi) is 8.39. The molecule has 10 aromatic carbocycles. The Hall–Kier alpha value is -7.72. The predicted molar refractivity (Wildman–Crippen MR) is 262 cm³/mol. The van der Waals surface area contributed by atoms with Crippen molar-refractivity contribution in [2.75, 3.05) is 4.90 Å². The van der Waals surface area contributed by atoms with E-state index in [0.29, 0.717) is 0 Å². The Morgan fingerprint density at radius 2 is 0.869 bits per heavy atom. The molecule has 0 radical (unpaired) electrons. The zero-order chi connectivity index (χ0) is 40.3. The Morgan fingerprint density at radius 1 is 0.328 bits per heavy atom. The predicted octanol–water partition coefficient (Wildman–Crippen LogP) is 16.8. The fourth-order valence-electron chi connectivity index (χ4n) is 9.58. The van der Waals surface area contributed by atoms with Crippen LogP contribution in [0.2, 0.25) is 0 Å². The molecule has 0 aliphatic carbocycles. The van der Waals surface area contributed by atoms with Gasteiger partial charge in [0, 0.05) is 53.2 Å². The summed E-state index contributed by atoms with van der Waals surface area (Å²) >= 11 is 1.88. The lowest BCUT2D eigenvalue weighted by molar-refractivity contribution is 1.18. The third-order valence-electron chi connectivity index (χ3n) is 12.2. The number of hydrogen-bond donors (Lipinski definition) is 0. The van der Waals surface area contributed by atoms with Gasteiger partial charge in [-0.3, -0.25) is 0 Å². The standard InChI is InChI=1S/C58H38N2S/c1-2-19-40(20-3-1)42-24-6-11-32-50(42)59(52-34-13-8-26-45(52)47-30-17-31-48-46-27-10-15-38-56(46)61-58(47)48)54-36-18-37-55-57(54)49-28-9-14-35-53(49)60(55)51-33-12-7-25-44(51)43-29-16-22-39-21-4-5-23-41(39)43/h1-38H. The van der Waals surface area contributed by atoms with Gasteiger partial charge in [0.25, 0.3) is 0 Å². The third-order valence-corrected chi connectivity index (χ3v) is 13.4. The highest BCUT2D eigenvalue weighted by molar-refractivity contribution is 7.26. The largest absolute Gasteiger partial charge is 0.309 e. The second kappa shape index (κ2) is 14.5. The lowest BCUT2D eigenvalue weighted by atomic mass is 9.97. The van der Waals surface area contributed by atoms with Crippen LogP contribution in [-0.2, 0) is 0 Å². The van der Waals surface area contributed by atoms with Crippen LogP contribution in [-0.4, -0.2) is 4.57 Å². The first-order valence-electron chi connectivity index (χ1n) is 20.9. The molecular weight excluding hydrogens is 757 g/mol. The molecule has 0 amide bonds. The minimum Gasteiger partial charge on any atom is -0.309 e. The number of nitrogens with zero attached hydrogens (tertiary/aromatic N) is 2. The van der Waals surface area contributed by atoms with Gasteiger partial charge in [0.1, 0.15) is 0 Å². The Bertz CT molecular complexity index is 3610. The average molecular weight is 795 g/mol. The van der Waals surface area contributed by atoms with Gasteiger partial charge in [-0.2, -0.15) is 0 Å². The van der Waals surface area contributed by atoms with Crippen molar-refractivity contribution in [3.05, 3.63) is 231 Å². The summed E-state index contributed by atoms with van der Waals surface area (Å²) < 4.78 is 5.08. The van der Waals surface area contributed by atoms with E-state index < -0.39 is 0 Å². The van der Waals surface area contributed by atoms with Crippen molar-refractivity contribution in [2.24, 2.45) is 0 Å². The van der Waals surface area contributed by atoms with E-state index in [2.05, 4.69) is 240 Å². The molecule has 2 heterocycles. The van der Waals surface area contributed by atoms with Gasteiger partial charge >= 0.3 is 0 Å². The molecule has 61 heavy (non-hydrogen) atoms. The van der Waals surface area contributed by atoms with Gasteiger partial charge in [-0.15, -0.1) is 11.3 Å². The van der Waals surface area contributed by atoms with Crippen molar-refractivity contribution in [2.45, 2.75) is 0 Å². The lowest BCUT2D eigenvalue weighted by Gasteiger charge is -2.30. The van der Waals surface area contributed by atoms with Crippen molar-refractivity contribution in [1.82, 2.24) is 4.57 Å². The van der Waals surface area contributed by atoms with Crippen LogP contribution in [0, 0.1) is 0 Å². The van der Waals surface area contributed by atoms with Gasteiger partial charge < -0.3 is 9.47 Å². The quantitative estimate of drug-likeness (QED) is 0.156. The maximum absolute atomic E-state index is 2.53. The molecule has 2 nitrogen and oxygen atoms in total. The number of hydrogen-bond acceptors (Lipinski definition) is 2. The first-order valence-corrected chi connectivity index (χ1v) is 21.7. The Labute approximate surface area is 358 Å². The molecule has 286 valence electrons. The van der Waals surface area contributed by atoms with E-state index in [9.17, 15) is 0 Å². The smallest absolute Gasteiger partial charge is 0.0562 e. The van der Waals surface area contributed by atoms with Gasteiger partial charge in [-0.05, 0) is 64.4 Å². The zero-order valence-corrected chi connectivity index (χ0v) is 34.1. The molecule has 0 saturated carbocycles. The lowest BCUT2D eigenvalue weighted by Crippen LogP contribution is -2.13. The molecule has 0 unspecified atom stereocenters. The van der Waals surface area contributed by atoms with Crippen LogP contribution < -0.4 is 4.90 Å². The van der Waals surface area contributed by atoms with Crippen LogP contribution in [0.25, 0.3) is 91.8 Å². The highest BCUT2D eigenvalue weighted by atomic mass is 32.1. The minimum absolute atomic E-state index is 1.12. The van der Waals surface area contributed by atoms with Crippen molar-refractivity contribution >= 4 is 81.1 Å². The Morgan fingerprint density at radius 3 is 1.74 bits per heavy atom. The van der Waals surface area contributed by atoms with E-state index in [4.69, 9.17) is 0 Å². The van der Waals surface area contributed by atoms with Gasteiger partial charge in [-0.25, -0.2) is 0 Å².